The second-order valence-corrected chi connectivity index (χ2v) is 5.42. The third-order valence-electron chi connectivity index (χ3n) is 4.21. The van der Waals surface area contributed by atoms with Crippen molar-refractivity contribution in [3.05, 3.63) is 0 Å². The standard InChI is InChI=1S/C13H26N2O/c1-15-9-3-2-5-11(15)8-10-16-13-7-4-6-12(13)14/h11-13H,2-10,14H2,1H3. The molecule has 3 nitrogen and oxygen atoms in total. The number of ether oxygens (including phenoxy) is 1. The SMILES string of the molecule is CN1CCCCC1CCOC1CCCC1N. The third-order valence-corrected chi connectivity index (χ3v) is 4.21. The quantitative estimate of drug-likeness (QED) is 0.794. The largest absolute Gasteiger partial charge is 0.377 e. The van der Waals surface area contributed by atoms with E-state index in [2.05, 4.69) is 11.9 Å². The first-order valence-electron chi connectivity index (χ1n) is 6.85. The molecule has 1 saturated carbocycles. The first-order chi connectivity index (χ1) is 7.77. The number of likely N-dealkylation sites (tertiary alicyclic amines) is 1. The topological polar surface area (TPSA) is 38.5 Å². The summed E-state index contributed by atoms with van der Waals surface area (Å²) in [6, 6.07) is 1.04. The molecule has 2 rings (SSSR count). The van der Waals surface area contributed by atoms with Crippen molar-refractivity contribution in [1.82, 2.24) is 4.90 Å². The first-order valence-corrected chi connectivity index (χ1v) is 6.85. The Bertz CT molecular complexity index is 210. The predicted octanol–water partition coefficient (Wildman–Crippen LogP) is 1.76. The van der Waals surface area contributed by atoms with Gasteiger partial charge >= 0.3 is 0 Å². The van der Waals surface area contributed by atoms with Crippen LogP contribution >= 0.6 is 0 Å². The Morgan fingerprint density at radius 1 is 1.19 bits per heavy atom. The van der Waals surface area contributed by atoms with Crippen LogP contribution in [0.2, 0.25) is 0 Å². The molecule has 0 radical (unpaired) electrons. The minimum Gasteiger partial charge on any atom is -0.377 e. The van der Waals surface area contributed by atoms with Crippen LogP contribution in [0.4, 0.5) is 0 Å². The highest BCUT2D eigenvalue weighted by Gasteiger charge is 2.25. The molecule has 2 N–H and O–H groups in total. The van der Waals surface area contributed by atoms with Gasteiger partial charge in [-0.2, -0.15) is 0 Å². The highest BCUT2D eigenvalue weighted by molar-refractivity contribution is 4.81. The molecule has 2 aliphatic rings. The first kappa shape index (κ1) is 12.3. The van der Waals surface area contributed by atoms with Crippen LogP contribution in [0.5, 0.6) is 0 Å². The zero-order chi connectivity index (χ0) is 11.4. The molecule has 0 aromatic rings. The van der Waals surface area contributed by atoms with E-state index >= 15 is 0 Å². The molecule has 0 aromatic carbocycles. The minimum absolute atomic E-state index is 0.295. The van der Waals surface area contributed by atoms with E-state index in [0.29, 0.717) is 12.1 Å². The van der Waals surface area contributed by atoms with Crippen molar-refractivity contribution in [3.63, 3.8) is 0 Å². The van der Waals surface area contributed by atoms with Gasteiger partial charge in [-0.25, -0.2) is 0 Å². The van der Waals surface area contributed by atoms with Crippen LogP contribution < -0.4 is 5.73 Å². The molecule has 0 amide bonds. The monoisotopic (exact) mass is 226 g/mol. The lowest BCUT2D eigenvalue weighted by Crippen LogP contribution is -2.38. The Morgan fingerprint density at radius 3 is 2.75 bits per heavy atom. The molecule has 16 heavy (non-hydrogen) atoms. The maximum absolute atomic E-state index is 5.99. The zero-order valence-electron chi connectivity index (χ0n) is 10.5. The van der Waals surface area contributed by atoms with Crippen LogP contribution in [0.1, 0.15) is 44.9 Å². The molecule has 2 fully saturated rings. The van der Waals surface area contributed by atoms with Gasteiger partial charge in [-0.3, -0.25) is 0 Å². The van der Waals surface area contributed by atoms with Gasteiger partial charge in [-0.05, 0) is 52.1 Å². The summed E-state index contributed by atoms with van der Waals surface area (Å²) in [4.78, 5) is 2.49. The number of hydrogen-bond donors (Lipinski definition) is 1. The van der Waals surface area contributed by atoms with Gasteiger partial charge in [-0.15, -0.1) is 0 Å². The molecule has 94 valence electrons. The lowest BCUT2D eigenvalue weighted by molar-refractivity contribution is 0.0299. The Labute approximate surface area is 99.3 Å². The predicted molar refractivity (Wildman–Crippen MR) is 66.5 cm³/mol. The van der Waals surface area contributed by atoms with Crippen LogP contribution in [0.15, 0.2) is 0 Å². The van der Waals surface area contributed by atoms with Gasteiger partial charge in [0.1, 0.15) is 0 Å². The van der Waals surface area contributed by atoms with E-state index in [1.165, 1.54) is 45.1 Å². The Morgan fingerprint density at radius 2 is 2.06 bits per heavy atom. The molecule has 3 atom stereocenters. The number of rotatable bonds is 4. The number of nitrogens with zero attached hydrogens (tertiary/aromatic N) is 1. The van der Waals surface area contributed by atoms with Gasteiger partial charge in [0.15, 0.2) is 0 Å². The van der Waals surface area contributed by atoms with E-state index in [0.717, 1.165) is 19.1 Å². The maximum atomic E-state index is 5.99. The summed E-state index contributed by atoms with van der Waals surface area (Å²) in [7, 11) is 2.24. The lowest BCUT2D eigenvalue weighted by Gasteiger charge is -2.32. The molecule has 3 unspecified atom stereocenters. The average Bonchev–Trinajstić information content (AvgIpc) is 2.67. The molecule has 0 bridgehead atoms. The second-order valence-electron chi connectivity index (χ2n) is 5.42. The fraction of sp³-hybridized carbons (Fsp3) is 1.00. The fourth-order valence-corrected chi connectivity index (χ4v) is 3.03. The van der Waals surface area contributed by atoms with Crippen molar-refractivity contribution in [1.29, 1.82) is 0 Å². The Balaban J connectivity index is 1.63. The molecule has 0 spiro atoms. The summed E-state index contributed by atoms with van der Waals surface area (Å²) in [6.45, 7) is 2.15. The molecular formula is C13H26N2O. The zero-order valence-corrected chi connectivity index (χ0v) is 10.5. The van der Waals surface area contributed by atoms with Crippen LogP contribution in [0.25, 0.3) is 0 Å². The number of nitrogens with two attached hydrogens (primary N) is 1. The van der Waals surface area contributed by atoms with Crippen LogP contribution in [0.3, 0.4) is 0 Å². The van der Waals surface area contributed by atoms with Crippen molar-refractivity contribution < 1.29 is 4.74 Å². The van der Waals surface area contributed by atoms with E-state index in [1.807, 2.05) is 0 Å². The van der Waals surface area contributed by atoms with Crippen LogP contribution in [-0.4, -0.2) is 43.3 Å². The van der Waals surface area contributed by atoms with Crippen molar-refractivity contribution in [2.24, 2.45) is 5.73 Å². The van der Waals surface area contributed by atoms with Gasteiger partial charge in [0.2, 0.25) is 0 Å². The fourth-order valence-electron chi connectivity index (χ4n) is 3.03. The third kappa shape index (κ3) is 3.19. The van der Waals surface area contributed by atoms with Crippen molar-refractivity contribution >= 4 is 0 Å². The molecule has 1 saturated heterocycles. The van der Waals surface area contributed by atoms with Gasteiger partial charge in [-0.1, -0.05) is 6.42 Å². The highest BCUT2D eigenvalue weighted by atomic mass is 16.5. The van der Waals surface area contributed by atoms with E-state index in [-0.39, 0.29) is 0 Å². The van der Waals surface area contributed by atoms with E-state index in [4.69, 9.17) is 10.5 Å². The summed E-state index contributed by atoms with van der Waals surface area (Å²) in [5, 5.41) is 0. The second kappa shape index (κ2) is 5.99. The molecule has 1 heterocycles. The molecule has 3 heteroatoms. The van der Waals surface area contributed by atoms with E-state index < -0.39 is 0 Å². The summed E-state index contributed by atoms with van der Waals surface area (Å²) < 4.78 is 5.91. The minimum atomic E-state index is 0.295. The smallest absolute Gasteiger partial charge is 0.0725 e. The van der Waals surface area contributed by atoms with Gasteiger partial charge in [0.05, 0.1) is 6.10 Å². The summed E-state index contributed by atoms with van der Waals surface area (Å²) in [5.74, 6) is 0. The molecular weight excluding hydrogens is 200 g/mol. The molecule has 1 aliphatic heterocycles. The maximum Gasteiger partial charge on any atom is 0.0725 e. The number of piperidine rings is 1. The lowest BCUT2D eigenvalue weighted by atomic mass is 10.0. The van der Waals surface area contributed by atoms with Gasteiger partial charge in [0.25, 0.3) is 0 Å². The molecule has 1 aliphatic carbocycles. The Kier molecular flexibility index (Phi) is 4.62. The summed E-state index contributed by atoms with van der Waals surface area (Å²) in [5.41, 5.74) is 5.99. The van der Waals surface area contributed by atoms with E-state index in [1.54, 1.807) is 0 Å². The normalized spacial score (nSPS) is 36.8. The average molecular weight is 226 g/mol. The van der Waals surface area contributed by atoms with Crippen molar-refractivity contribution in [2.75, 3.05) is 20.2 Å². The van der Waals surface area contributed by atoms with Crippen LogP contribution in [-0.2, 0) is 4.74 Å². The summed E-state index contributed by atoms with van der Waals surface area (Å²) >= 11 is 0. The highest BCUT2D eigenvalue weighted by Crippen LogP contribution is 2.22. The van der Waals surface area contributed by atoms with Crippen molar-refractivity contribution in [2.45, 2.75) is 63.1 Å². The number of hydrogen-bond acceptors (Lipinski definition) is 3. The van der Waals surface area contributed by atoms with Crippen LogP contribution in [0, 0.1) is 0 Å². The van der Waals surface area contributed by atoms with Gasteiger partial charge < -0.3 is 15.4 Å². The summed E-state index contributed by atoms with van der Waals surface area (Å²) in [6.07, 6.45) is 9.18. The van der Waals surface area contributed by atoms with Crippen molar-refractivity contribution in [3.8, 4) is 0 Å². The van der Waals surface area contributed by atoms with E-state index in [9.17, 15) is 0 Å². The Hall–Kier alpha value is -0.120. The van der Waals surface area contributed by atoms with Gasteiger partial charge in [0, 0.05) is 18.7 Å². The molecule has 0 aromatic heterocycles.